The molecule has 3 aromatic carbocycles. The van der Waals surface area contributed by atoms with Crippen molar-refractivity contribution in [2.75, 3.05) is 11.1 Å². The summed E-state index contributed by atoms with van der Waals surface area (Å²) in [5, 5.41) is 13.5. The molecule has 0 aliphatic heterocycles. The third kappa shape index (κ3) is 5.45. The van der Waals surface area contributed by atoms with E-state index in [9.17, 15) is 4.79 Å². The van der Waals surface area contributed by atoms with E-state index in [0.717, 1.165) is 17.1 Å². The molecule has 0 aliphatic carbocycles. The summed E-state index contributed by atoms with van der Waals surface area (Å²) in [5.41, 5.74) is 2.37. The van der Waals surface area contributed by atoms with E-state index in [1.54, 1.807) is 18.2 Å². The predicted octanol–water partition coefficient (Wildman–Crippen LogP) is 6.55. The Morgan fingerprint density at radius 3 is 2.25 bits per heavy atom. The Kier molecular flexibility index (Phi) is 7.37. The second kappa shape index (κ2) is 10.4. The number of nitrogens with zero attached hydrogens (tertiary/aromatic N) is 3. The highest BCUT2D eigenvalue weighted by Crippen LogP contribution is 2.30. The van der Waals surface area contributed by atoms with Crippen molar-refractivity contribution < 1.29 is 4.79 Å². The van der Waals surface area contributed by atoms with Crippen LogP contribution in [-0.2, 0) is 11.2 Å². The van der Waals surface area contributed by atoms with Gasteiger partial charge in [0.05, 0.1) is 21.5 Å². The third-order valence-electron chi connectivity index (χ3n) is 4.55. The average Bonchev–Trinajstić information content (AvgIpc) is 3.18. The second-order valence-corrected chi connectivity index (χ2v) is 9.00. The van der Waals surface area contributed by atoms with Crippen LogP contribution in [0.5, 0.6) is 0 Å². The fourth-order valence-corrected chi connectivity index (χ4v) is 4.45. The van der Waals surface area contributed by atoms with Crippen LogP contribution in [0.4, 0.5) is 5.69 Å². The molecule has 1 aromatic heterocycles. The van der Waals surface area contributed by atoms with Crippen LogP contribution in [-0.4, -0.2) is 26.4 Å². The van der Waals surface area contributed by atoms with Crippen LogP contribution in [0.2, 0.25) is 15.1 Å². The van der Waals surface area contributed by atoms with E-state index in [0.29, 0.717) is 32.3 Å². The maximum absolute atomic E-state index is 12.6. The molecule has 0 radical (unpaired) electrons. The van der Waals surface area contributed by atoms with Gasteiger partial charge in [-0.05, 0) is 42.0 Å². The molecule has 1 heterocycles. The zero-order valence-electron chi connectivity index (χ0n) is 16.6. The molecule has 0 saturated heterocycles. The number of carbonyl (C=O) groups is 1. The Labute approximate surface area is 204 Å². The second-order valence-electron chi connectivity index (χ2n) is 6.81. The van der Waals surface area contributed by atoms with Crippen LogP contribution in [0.1, 0.15) is 11.4 Å². The van der Waals surface area contributed by atoms with Gasteiger partial charge < -0.3 is 5.32 Å². The highest BCUT2D eigenvalue weighted by Gasteiger charge is 2.17. The fraction of sp³-hybridized carbons (Fsp3) is 0.0870. The average molecular weight is 504 g/mol. The molecule has 0 atom stereocenters. The maximum atomic E-state index is 12.6. The van der Waals surface area contributed by atoms with Crippen molar-refractivity contribution in [1.29, 1.82) is 0 Å². The molecule has 5 nitrogen and oxygen atoms in total. The SMILES string of the molecule is O=C(CSc1nnc(Cc2ccccc2)n1-c1ccc(Cl)cc1)Nc1c(Cl)cccc1Cl. The first-order valence-corrected chi connectivity index (χ1v) is 11.7. The van der Waals surface area contributed by atoms with Crippen LogP contribution in [0.3, 0.4) is 0 Å². The van der Waals surface area contributed by atoms with E-state index in [4.69, 9.17) is 34.8 Å². The number of halogens is 3. The van der Waals surface area contributed by atoms with Crippen molar-refractivity contribution in [3.63, 3.8) is 0 Å². The summed E-state index contributed by atoms with van der Waals surface area (Å²) in [7, 11) is 0. The molecule has 0 fully saturated rings. The topological polar surface area (TPSA) is 59.8 Å². The molecular formula is C23H17Cl3N4OS. The van der Waals surface area contributed by atoms with Crippen LogP contribution in [0, 0.1) is 0 Å². The van der Waals surface area contributed by atoms with Gasteiger partial charge in [0.1, 0.15) is 5.82 Å². The fourth-order valence-electron chi connectivity index (χ4n) is 3.06. The van der Waals surface area contributed by atoms with Crippen LogP contribution >= 0.6 is 46.6 Å². The number of thioether (sulfide) groups is 1. The number of carbonyl (C=O) groups excluding carboxylic acids is 1. The van der Waals surface area contributed by atoms with Crippen molar-refractivity contribution in [3.8, 4) is 5.69 Å². The largest absolute Gasteiger partial charge is 0.323 e. The first-order chi connectivity index (χ1) is 15.5. The molecule has 9 heteroatoms. The van der Waals surface area contributed by atoms with Crippen molar-refractivity contribution in [1.82, 2.24) is 14.8 Å². The van der Waals surface area contributed by atoms with Crippen molar-refractivity contribution in [2.24, 2.45) is 0 Å². The highest BCUT2D eigenvalue weighted by atomic mass is 35.5. The number of rotatable bonds is 7. The number of amides is 1. The van der Waals surface area contributed by atoms with Gasteiger partial charge in [-0.2, -0.15) is 0 Å². The first-order valence-electron chi connectivity index (χ1n) is 9.62. The summed E-state index contributed by atoms with van der Waals surface area (Å²) in [6.07, 6.45) is 0.596. The number of anilines is 1. The minimum atomic E-state index is -0.250. The van der Waals surface area contributed by atoms with Crippen molar-refractivity contribution in [3.05, 3.63) is 99.3 Å². The van der Waals surface area contributed by atoms with Gasteiger partial charge in [-0.25, -0.2) is 0 Å². The van der Waals surface area contributed by atoms with Crippen LogP contribution < -0.4 is 5.32 Å². The molecular weight excluding hydrogens is 487 g/mol. The van der Waals surface area contributed by atoms with E-state index < -0.39 is 0 Å². The molecule has 0 unspecified atom stereocenters. The lowest BCUT2D eigenvalue weighted by Gasteiger charge is -2.11. The molecule has 4 aromatic rings. The first kappa shape index (κ1) is 22.7. The molecule has 0 aliphatic rings. The highest BCUT2D eigenvalue weighted by molar-refractivity contribution is 7.99. The number of aromatic nitrogens is 3. The van der Waals surface area contributed by atoms with E-state index in [2.05, 4.69) is 15.5 Å². The maximum Gasteiger partial charge on any atom is 0.234 e. The number of hydrogen-bond acceptors (Lipinski definition) is 4. The molecule has 0 bridgehead atoms. The molecule has 1 amide bonds. The zero-order valence-corrected chi connectivity index (χ0v) is 19.7. The summed E-state index contributed by atoms with van der Waals surface area (Å²) >= 11 is 19.6. The van der Waals surface area contributed by atoms with E-state index >= 15 is 0 Å². The van der Waals surface area contributed by atoms with E-state index in [1.807, 2.05) is 59.2 Å². The Balaban J connectivity index is 1.56. The third-order valence-corrected chi connectivity index (χ3v) is 6.36. The van der Waals surface area contributed by atoms with Gasteiger partial charge in [-0.3, -0.25) is 9.36 Å². The van der Waals surface area contributed by atoms with Crippen molar-refractivity contribution >= 4 is 58.2 Å². The van der Waals surface area contributed by atoms with Gasteiger partial charge in [0, 0.05) is 17.1 Å². The molecule has 0 saturated carbocycles. The lowest BCUT2D eigenvalue weighted by Crippen LogP contribution is -2.15. The molecule has 162 valence electrons. The lowest BCUT2D eigenvalue weighted by atomic mass is 10.1. The summed E-state index contributed by atoms with van der Waals surface area (Å²) in [6, 6.07) is 22.5. The van der Waals surface area contributed by atoms with Gasteiger partial charge in [0.25, 0.3) is 0 Å². The van der Waals surface area contributed by atoms with Crippen LogP contribution in [0.25, 0.3) is 5.69 Å². The number of para-hydroxylation sites is 1. The smallest absolute Gasteiger partial charge is 0.234 e. The minimum Gasteiger partial charge on any atom is -0.323 e. The summed E-state index contributed by atoms with van der Waals surface area (Å²) < 4.78 is 1.93. The Bertz CT molecular complexity index is 1210. The Morgan fingerprint density at radius 2 is 1.56 bits per heavy atom. The number of nitrogens with one attached hydrogen (secondary N) is 1. The van der Waals surface area contributed by atoms with Gasteiger partial charge >= 0.3 is 0 Å². The quantitative estimate of drug-likeness (QED) is 0.291. The molecule has 32 heavy (non-hydrogen) atoms. The normalized spacial score (nSPS) is 10.8. The van der Waals surface area contributed by atoms with E-state index in [-0.39, 0.29) is 11.7 Å². The molecule has 1 N–H and O–H groups in total. The van der Waals surface area contributed by atoms with Crippen LogP contribution in [0.15, 0.2) is 78.0 Å². The summed E-state index contributed by atoms with van der Waals surface area (Å²) in [4.78, 5) is 12.6. The Hall–Kier alpha value is -2.51. The van der Waals surface area contributed by atoms with E-state index in [1.165, 1.54) is 11.8 Å². The zero-order chi connectivity index (χ0) is 22.5. The molecule has 4 rings (SSSR count). The monoisotopic (exact) mass is 502 g/mol. The summed E-state index contributed by atoms with van der Waals surface area (Å²) in [5.74, 6) is 0.620. The standard InChI is InChI=1S/C23H17Cl3N4OS/c24-16-9-11-17(12-10-16)30-20(13-15-5-2-1-3-6-15)28-29-23(30)32-14-21(31)27-22-18(25)7-4-8-19(22)26/h1-12H,13-14H2,(H,27,31). The minimum absolute atomic E-state index is 0.110. The Morgan fingerprint density at radius 1 is 0.875 bits per heavy atom. The van der Waals surface area contributed by atoms with Gasteiger partial charge in [-0.1, -0.05) is 83.0 Å². The van der Waals surface area contributed by atoms with Crippen molar-refractivity contribution in [2.45, 2.75) is 11.6 Å². The van der Waals surface area contributed by atoms with Gasteiger partial charge in [0.15, 0.2) is 5.16 Å². The van der Waals surface area contributed by atoms with Gasteiger partial charge in [0.2, 0.25) is 5.91 Å². The molecule has 0 spiro atoms. The van der Waals surface area contributed by atoms with Gasteiger partial charge in [-0.15, -0.1) is 10.2 Å². The predicted molar refractivity (Wildman–Crippen MR) is 131 cm³/mol. The number of benzene rings is 3. The summed E-state index contributed by atoms with van der Waals surface area (Å²) in [6.45, 7) is 0. The lowest BCUT2D eigenvalue weighted by molar-refractivity contribution is -0.113. The number of hydrogen-bond donors (Lipinski definition) is 1.